The molecule has 2 aliphatic rings. The molecular formula is C21H18F3NO4. The second-order valence-electron chi connectivity index (χ2n) is 7.27. The van der Waals surface area contributed by atoms with Gasteiger partial charge >= 0.3 is 12.1 Å². The molecule has 0 atom stereocenters. The standard InChI is InChI=1S/C21H18F3NO4/c1-25-16-10-14(18(26)29-3)12(9-15(16)20(6-7-20)19(25)27)13-8-11(21(22,23)24)4-5-17(13)28-2/h4-5,8-10H,6-7H2,1-3H3. The normalized spacial score (nSPS) is 16.8. The fourth-order valence-corrected chi connectivity index (χ4v) is 4.00. The molecule has 1 aliphatic heterocycles. The number of halogens is 3. The zero-order chi connectivity index (χ0) is 21.1. The number of esters is 1. The minimum absolute atomic E-state index is 0.0706. The highest BCUT2D eigenvalue weighted by atomic mass is 19.4. The lowest BCUT2D eigenvalue weighted by atomic mass is 9.89. The predicted molar refractivity (Wildman–Crippen MR) is 99.1 cm³/mol. The van der Waals surface area contributed by atoms with Crippen LogP contribution in [0, 0.1) is 0 Å². The van der Waals surface area contributed by atoms with E-state index in [-0.39, 0.29) is 28.3 Å². The van der Waals surface area contributed by atoms with Crippen LogP contribution in [-0.4, -0.2) is 33.1 Å². The quantitative estimate of drug-likeness (QED) is 0.719. The van der Waals surface area contributed by atoms with Crippen molar-refractivity contribution in [2.75, 3.05) is 26.2 Å². The number of hydrogen-bond acceptors (Lipinski definition) is 4. The number of ether oxygens (including phenoxy) is 2. The van der Waals surface area contributed by atoms with Crippen LogP contribution >= 0.6 is 0 Å². The first-order valence-corrected chi connectivity index (χ1v) is 8.94. The lowest BCUT2D eigenvalue weighted by Gasteiger charge is -2.18. The summed E-state index contributed by atoms with van der Waals surface area (Å²) >= 11 is 0. The maximum absolute atomic E-state index is 13.3. The molecule has 4 rings (SSSR count). The lowest BCUT2D eigenvalue weighted by Crippen LogP contribution is -2.27. The summed E-state index contributed by atoms with van der Waals surface area (Å²) in [7, 11) is 4.16. The number of likely N-dealkylation sites (N-methyl/N-ethyl adjacent to an activating group) is 1. The summed E-state index contributed by atoms with van der Waals surface area (Å²) in [5, 5.41) is 0. The average Bonchev–Trinajstić information content (AvgIpc) is 3.48. The van der Waals surface area contributed by atoms with Crippen LogP contribution in [0.4, 0.5) is 18.9 Å². The van der Waals surface area contributed by atoms with Gasteiger partial charge in [0.25, 0.3) is 0 Å². The Balaban J connectivity index is 2.01. The van der Waals surface area contributed by atoms with Crippen LogP contribution in [0.15, 0.2) is 30.3 Å². The number of nitrogens with zero attached hydrogens (tertiary/aromatic N) is 1. The van der Waals surface area contributed by atoms with E-state index in [1.165, 1.54) is 31.3 Å². The zero-order valence-electron chi connectivity index (χ0n) is 16.0. The number of fused-ring (bicyclic) bond motifs is 2. The van der Waals surface area contributed by atoms with Crippen molar-refractivity contribution in [3.8, 4) is 16.9 Å². The van der Waals surface area contributed by atoms with Gasteiger partial charge in [-0.05, 0) is 48.7 Å². The van der Waals surface area contributed by atoms with Crippen LogP contribution < -0.4 is 9.64 Å². The summed E-state index contributed by atoms with van der Waals surface area (Å²) in [5.41, 5.74) is 0.202. The minimum Gasteiger partial charge on any atom is -0.496 e. The van der Waals surface area contributed by atoms with E-state index in [0.29, 0.717) is 24.1 Å². The molecule has 1 spiro atoms. The van der Waals surface area contributed by atoms with Crippen molar-refractivity contribution in [1.29, 1.82) is 0 Å². The number of rotatable bonds is 3. The monoisotopic (exact) mass is 405 g/mol. The zero-order valence-corrected chi connectivity index (χ0v) is 16.0. The predicted octanol–water partition coefficient (Wildman–Crippen LogP) is 4.18. The molecule has 1 saturated carbocycles. The van der Waals surface area contributed by atoms with Crippen molar-refractivity contribution in [1.82, 2.24) is 0 Å². The molecule has 2 aromatic rings. The van der Waals surface area contributed by atoms with Crippen LogP contribution in [0.5, 0.6) is 5.75 Å². The van der Waals surface area contributed by atoms with Gasteiger partial charge in [0, 0.05) is 23.9 Å². The molecule has 2 aromatic carbocycles. The largest absolute Gasteiger partial charge is 0.496 e. The maximum Gasteiger partial charge on any atom is 0.416 e. The number of carbonyl (C=O) groups is 2. The Labute approximate surface area is 165 Å². The van der Waals surface area contributed by atoms with E-state index in [4.69, 9.17) is 9.47 Å². The van der Waals surface area contributed by atoms with Gasteiger partial charge < -0.3 is 14.4 Å². The van der Waals surface area contributed by atoms with Gasteiger partial charge in [-0.15, -0.1) is 0 Å². The molecule has 0 radical (unpaired) electrons. The van der Waals surface area contributed by atoms with Crippen LogP contribution in [-0.2, 0) is 21.1 Å². The smallest absolute Gasteiger partial charge is 0.416 e. The van der Waals surface area contributed by atoms with Gasteiger partial charge in [-0.3, -0.25) is 4.79 Å². The Morgan fingerprint density at radius 2 is 1.79 bits per heavy atom. The van der Waals surface area contributed by atoms with Gasteiger partial charge in [0.1, 0.15) is 5.75 Å². The summed E-state index contributed by atoms with van der Waals surface area (Å²) in [4.78, 5) is 26.6. The van der Waals surface area contributed by atoms with Gasteiger partial charge in [0.15, 0.2) is 0 Å². The van der Waals surface area contributed by atoms with Crippen molar-refractivity contribution < 1.29 is 32.2 Å². The number of methoxy groups -OCH3 is 2. The molecule has 8 heteroatoms. The SMILES string of the molecule is COC(=O)c1cc2c(cc1-c1cc(C(F)(F)F)ccc1OC)C1(CC1)C(=O)N2C. The van der Waals surface area contributed by atoms with Gasteiger partial charge in [0.05, 0.1) is 30.8 Å². The lowest BCUT2D eigenvalue weighted by molar-refractivity contribution is -0.137. The van der Waals surface area contributed by atoms with E-state index in [1.807, 2.05) is 0 Å². The van der Waals surface area contributed by atoms with Gasteiger partial charge in [-0.1, -0.05) is 0 Å². The number of anilines is 1. The molecule has 1 fully saturated rings. The molecule has 0 aromatic heterocycles. The van der Waals surface area contributed by atoms with Crippen molar-refractivity contribution in [2.24, 2.45) is 0 Å². The number of benzene rings is 2. The number of hydrogen-bond donors (Lipinski definition) is 0. The Kier molecular flexibility index (Phi) is 4.15. The second kappa shape index (κ2) is 6.23. The summed E-state index contributed by atoms with van der Waals surface area (Å²) in [6, 6.07) is 6.24. The van der Waals surface area contributed by atoms with Gasteiger partial charge in [0.2, 0.25) is 5.91 Å². The molecule has 0 N–H and O–H groups in total. The summed E-state index contributed by atoms with van der Waals surface area (Å²) < 4.78 is 50.1. The van der Waals surface area contributed by atoms with E-state index in [0.717, 1.165) is 12.1 Å². The van der Waals surface area contributed by atoms with Gasteiger partial charge in [-0.25, -0.2) is 4.79 Å². The van der Waals surface area contributed by atoms with E-state index >= 15 is 0 Å². The molecule has 0 unspecified atom stereocenters. The molecule has 152 valence electrons. The van der Waals surface area contributed by atoms with Crippen LogP contribution in [0.2, 0.25) is 0 Å². The highest BCUT2D eigenvalue weighted by molar-refractivity contribution is 6.12. The third-order valence-corrected chi connectivity index (χ3v) is 5.70. The Hall–Kier alpha value is -3.03. The average molecular weight is 405 g/mol. The van der Waals surface area contributed by atoms with Crippen molar-refractivity contribution in [3.05, 3.63) is 47.0 Å². The first-order valence-electron chi connectivity index (χ1n) is 8.94. The molecule has 5 nitrogen and oxygen atoms in total. The van der Waals surface area contributed by atoms with E-state index in [1.54, 1.807) is 13.1 Å². The molecular weight excluding hydrogens is 387 g/mol. The van der Waals surface area contributed by atoms with Crippen LogP contribution in [0.3, 0.4) is 0 Å². The summed E-state index contributed by atoms with van der Waals surface area (Å²) in [5.74, 6) is -0.595. The third kappa shape index (κ3) is 2.77. The van der Waals surface area contributed by atoms with E-state index in [2.05, 4.69) is 0 Å². The Morgan fingerprint density at radius 1 is 1.10 bits per heavy atom. The fraction of sp³-hybridized carbons (Fsp3) is 0.333. The molecule has 1 heterocycles. The minimum atomic E-state index is -4.56. The van der Waals surface area contributed by atoms with Crippen molar-refractivity contribution >= 4 is 17.6 Å². The molecule has 1 aliphatic carbocycles. The Morgan fingerprint density at radius 3 is 2.34 bits per heavy atom. The highest BCUT2D eigenvalue weighted by Crippen LogP contribution is 2.58. The van der Waals surface area contributed by atoms with Crippen molar-refractivity contribution in [2.45, 2.75) is 24.4 Å². The fourth-order valence-electron chi connectivity index (χ4n) is 4.00. The first kappa shape index (κ1) is 19.3. The van der Waals surface area contributed by atoms with Crippen LogP contribution in [0.1, 0.15) is 34.3 Å². The Bertz CT molecular complexity index is 1040. The number of alkyl halides is 3. The van der Waals surface area contributed by atoms with Crippen molar-refractivity contribution in [3.63, 3.8) is 0 Å². The summed E-state index contributed by atoms with van der Waals surface area (Å²) in [6.07, 6.45) is -3.23. The number of carbonyl (C=O) groups excluding carboxylic acids is 2. The topological polar surface area (TPSA) is 55.8 Å². The third-order valence-electron chi connectivity index (χ3n) is 5.70. The van der Waals surface area contributed by atoms with Gasteiger partial charge in [-0.2, -0.15) is 13.2 Å². The van der Waals surface area contributed by atoms with E-state index < -0.39 is 23.1 Å². The molecule has 0 saturated heterocycles. The number of amides is 1. The molecule has 1 amide bonds. The maximum atomic E-state index is 13.3. The summed E-state index contributed by atoms with van der Waals surface area (Å²) in [6.45, 7) is 0. The first-order chi connectivity index (χ1) is 13.6. The molecule has 0 bridgehead atoms. The molecule has 29 heavy (non-hydrogen) atoms. The van der Waals surface area contributed by atoms with Crippen LogP contribution in [0.25, 0.3) is 11.1 Å². The second-order valence-corrected chi connectivity index (χ2v) is 7.27. The highest BCUT2D eigenvalue weighted by Gasteiger charge is 2.58. The van der Waals surface area contributed by atoms with E-state index in [9.17, 15) is 22.8 Å².